The van der Waals surface area contributed by atoms with E-state index in [-0.39, 0.29) is 21.3 Å². The van der Waals surface area contributed by atoms with Gasteiger partial charge in [-0.3, -0.25) is 9.48 Å². The molecule has 112 valence electrons. The van der Waals surface area contributed by atoms with Crippen LogP contribution in [-0.2, 0) is 17.1 Å². The lowest BCUT2D eigenvalue weighted by molar-refractivity contribution is 0.102. The van der Waals surface area contributed by atoms with Crippen molar-refractivity contribution >= 4 is 45.0 Å². The van der Waals surface area contributed by atoms with Crippen molar-refractivity contribution in [1.29, 1.82) is 0 Å². The van der Waals surface area contributed by atoms with Gasteiger partial charge in [0.1, 0.15) is 4.90 Å². The Labute approximate surface area is 130 Å². The second kappa shape index (κ2) is 5.64. The average molecular weight is 349 g/mol. The molecule has 10 heteroatoms. The number of aryl methyl sites for hydroxylation is 1. The Morgan fingerprint density at radius 2 is 2.00 bits per heavy atom. The highest BCUT2D eigenvalue weighted by molar-refractivity contribution is 7.89. The lowest BCUT2D eigenvalue weighted by Gasteiger charge is -2.05. The Balaban J connectivity index is 2.34. The van der Waals surface area contributed by atoms with Crippen LogP contribution in [0.25, 0.3) is 0 Å². The van der Waals surface area contributed by atoms with Crippen LogP contribution in [0, 0.1) is 0 Å². The lowest BCUT2D eigenvalue weighted by atomic mass is 10.2. The topological polar surface area (TPSA) is 107 Å². The standard InChI is InChI=1S/C11H10Cl2N4O3S/c1-17-5-9(21(14,19)20)10(16-17)15-11(18)6-2-3-7(12)8(13)4-6/h2-5H,1H3,(H2,14,19,20)(H,15,16,18). The molecule has 2 rings (SSSR count). The predicted molar refractivity (Wildman–Crippen MR) is 79.0 cm³/mol. The molecule has 1 aromatic carbocycles. The third-order valence-electron chi connectivity index (χ3n) is 2.52. The molecule has 1 aromatic heterocycles. The maximum Gasteiger partial charge on any atom is 0.256 e. The minimum Gasteiger partial charge on any atom is -0.304 e. The van der Waals surface area contributed by atoms with Crippen LogP contribution in [0.1, 0.15) is 10.4 Å². The van der Waals surface area contributed by atoms with Gasteiger partial charge in [0.15, 0.2) is 5.82 Å². The van der Waals surface area contributed by atoms with Crippen molar-refractivity contribution in [3.63, 3.8) is 0 Å². The first-order valence-corrected chi connectivity index (χ1v) is 7.81. The van der Waals surface area contributed by atoms with Gasteiger partial charge in [0.2, 0.25) is 10.0 Å². The number of primary sulfonamides is 1. The fourth-order valence-electron chi connectivity index (χ4n) is 1.58. The van der Waals surface area contributed by atoms with E-state index < -0.39 is 15.9 Å². The van der Waals surface area contributed by atoms with Gasteiger partial charge in [0, 0.05) is 18.8 Å². The zero-order chi connectivity index (χ0) is 15.8. The number of aromatic nitrogens is 2. The van der Waals surface area contributed by atoms with Crippen molar-refractivity contribution < 1.29 is 13.2 Å². The van der Waals surface area contributed by atoms with Crippen molar-refractivity contribution in [2.45, 2.75) is 4.90 Å². The zero-order valence-electron chi connectivity index (χ0n) is 10.7. The molecule has 1 heterocycles. The minimum atomic E-state index is -4.00. The van der Waals surface area contributed by atoms with Crippen molar-refractivity contribution in [2.75, 3.05) is 5.32 Å². The maximum atomic E-state index is 12.1. The highest BCUT2D eigenvalue weighted by Crippen LogP contribution is 2.24. The minimum absolute atomic E-state index is 0.156. The molecular formula is C11H10Cl2N4O3S. The van der Waals surface area contributed by atoms with E-state index in [9.17, 15) is 13.2 Å². The first-order valence-electron chi connectivity index (χ1n) is 5.51. The van der Waals surface area contributed by atoms with Crippen LogP contribution in [0.2, 0.25) is 10.0 Å². The Morgan fingerprint density at radius 1 is 1.33 bits per heavy atom. The van der Waals surface area contributed by atoms with Crippen molar-refractivity contribution in [1.82, 2.24) is 9.78 Å². The lowest BCUT2D eigenvalue weighted by Crippen LogP contribution is -2.17. The Bertz CT molecular complexity index is 817. The summed E-state index contributed by atoms with van der Waals surface area (Å²) in [6.45, 7) is 0. The Kier molecular flexibility index (Phi) is 4.24. The Morgan fingerprint density at radius 3 is 2.57 bits per heavy atom. The molecule has 2 aromatic rings. The quantitative estimate of drug-likeness (QED) is 0.878. The highest BCUT2D eigenvalue weighted by Gasteiger charge is 2.20. The number of anilines is 1. The van der Waals surface area contributed by atoms with Crippen LogP contribution in [-0.4, -0.2) is 24.1 Å². The summed E-state index contributed by atoms with van der Waals surface area (Å²) in [7, 11) is -2.50. The van der Waals surface area contributed by atoms with Crippen LogP contribution >= 0.6 is 23.2 Å². The molecule has 21 heavy (non-hydrogen) atoms. The van der Waals surface area contributed by atoms with Crippen LogP contribution in [0.5, 0.6) is 0 Å². The first kappa shape index (κ1) is 15.8. The summed E-state index contributed by atoms with van der Waals surface area (Å²) in [6.07, 6.45) is 1.19. The summed E-state index contributed by atoms with van der Waals surface area (Å²) >= 11 is 11.6. The van der Waals surface area contributed by atoms with Crippen LogP contribution < -0.4 is 10.5 Å². The molecule has 0 aliphatic rings. The van der Waals surface area contributed by atoms with Gasteiger partial charge in [-0.1, -0.05) is 23.2 Å². The van der Waals surface area contributed by atoms with E-state index in [2.05, 4.69) is 10.4 Å². The SMILES string of the molecule is Cn1cc(S(N)(=O)=O)c(NC(=O)c2ccc(Cl)c(Cl)c2)n1. The second-order valence-corrected chi connectivity index (χ2v) is 6.49. The van der Waals surface area contributed by atoms with Gasteiger partial charge in [-0.2, -0.15) is 5.10 Å². The van der Waals surface area contributed by atoms with E-state index in [1.54, 1.807) is 0 Å². The number of carbonyl (C=O) groups excluding carboxylic acids is 1. The van der Waals surface area contributed by atoms with E-state index in [1.807, 2.05) is 0 Å². The summed E-state index contributed by atoms with van der Waals surface area (Å²) in [6, 6.07) is 4.26. The summed E-state index contributed by atoms with van der Waals surface area (Å²) < 4.78 is 24.1. The van der Waals surface area contributed by atoms with Crippen LogP contribution in [0.4, 0.5) is 5.82 Å². The summed E-state index contributed by atoms with van der Waals surface area (Å²) in [5.41, 5.74) is 0.204. The number of halogens is 2. The van der Waals surface area contributed by atoms with E-state index in [4.69, 9.17) is 28.3 Å². The normalized spacial score (nSPS) is 11.4. The van der Waals surface area contributed by atoms with E-state index in [0.717, 1.165) is 0 Å². The fourth-order valence-corrected chi connectivity index (χ4v) is 2.54. The number of hydrogen-bond donors (Lipinski definition) is 2. The van der Waals surface area contributed by atoms with Gasteiger partial charge in [-0.15, -0.1) is 0 Å². The number of amides is 1. The largest absolute Gasteiger partial charge is 0.304 e. The number of hydrogen-bond acceptors (Lipinski definition) is 4. The number of benzene rings is 1. The predicted octanol–water partition coefficient (Wildman–Crippen LogP) is 1.63. The van der Waals surface area contributed by atoms with E-state index in [0.29, 0.717) is 5.02 Å². The summed E-state index contributed by atoms with van der Waals surface area (Å²) in [4.78, 5) is 11.8. The van der Waals surface area contributed by atoms with Gasteiger partial charge in [0.05, 0.1) is 10.0 Å². The summed E-state index contributed by atoms with van der Waals surface area (Å²) in [5, 5.41) is 11.8. The number of nitrogens with two attached hydrogens (primary N) is 1. The molecule has 0 bridgehead atoms. The number of carbonyl (C=O) groups is 1. The van der Waals surface area contributed by atoms with Crippen LogP contribution in [0.15, 0.2) is 29.3 Å². The van der Waals surface area contributed by atoms with E-state index in [1.165, 1.54) is 36.1 Å². The third-order valence-corrected chi connectivity index (χ3v) is 4.17. The van der Waals surface area contributed by atoms with Crippen molar-refractivity contribution in [2.24, 2.45) is 12.2 Å². The molecule has 0 radical (unpaired) electrons. The van der Waals surface area contributed by atoms with Crippen LogP contribution in [0.3, 0.4) is 0 Å². The number of nitrogens with one attached hydrogen (secondary N) is 1. The van der Waals surface area contributed by atoms with Gasteiger partial charge in [-0.25, -0.2) is 13.6 Å². The monoisotopic (exact) mass is 348 g/mol. The fraction of sp³-hybridized carbons (Fsp3) is 0.0909. The highest BCUT2D eigenvalue weighted by atomic mass is 35.5. The van der Waals surface area contributed by atoms with E-state index >= 15 is 0 Å². The molecule has 0 saturated heterocycles. The van der Waals surface area contributed by atoms with Crippen molar-refractivity contribution in [3.8, 4) is 0 Å². The number of rotatable bonds is 3. The first-order chi connectivity index (χ1) is 9.68. The Hall–Kier alpha value is -1.61. The maximum absolute atomic E-state index is 12.1. The van der Waals surface area contributed by atoms with Gasteiger partial charge >= 0.3 is 0 Å². The molecule has 0 fully saturated rings. The zero-order valence-corrected chi connectivity index (χ0v) is 13.0. The number of sulfonamides is 1. The number of nitrogens with zero attached hydrogens (tertiary/aromatic N) is 2. The molecular weight excluding hydrogens is 339 g/mol. The van der Waals surface area contributed by atoms with Gasteiger partial charge in [-0.05, 0) is 18.2 Å². The molecule has 0 aliphatic carbocycles. The smallest absolute Gasteiger partial charge is 0.256 e. The molecule has 1 amide bonds. The van der Waals surface area contributed by atoms with Crippen molar-refractivity contribution in [3.05, 3.63) is 40.0 Å². The molecule has 0 unspecified atom stereocenters. The molecule has 0 atom stereocenters. The molecule has 0 aliphatic heterocycles. The molecule has 3 N–H and O–H groups in total. The molecule has 0 saturated carbocycles. The molecule has 0 spiro atoms. The summed E-state index contributed by atoms with van der Waals surface area (Å²) in [5.74, 6) is -0.742. The van der Waals surface area contributed by atoms with Gasteiger partial charge in [0.25, 0.3) is 5.91 Å². The second-order valence-electron chi connectivity index (χ2n) is 4.14. The molecule has 7 nitrogen and oxygen atoms in total. The third kappa shape index (κ3) is 3.53. The van der Waals surface area contributed by atoms with Gasteiger partial charge < -0.3 is 5.32 Å². The average Bonchev–Trinajstić information content (AvgIpc) is 2.73.